The summed E-state index contributed by atoms with van der Waals surface area (Å²) in [6, 6.07) is 5.16. The number of carbonyl (C=O) groups is 1. The number of nitrogens with zero attached hydrogens (tertiary/aromatic N) is 2. The van der Waals surface area contributed by atoms with Crippen LogP contribution >= 0.6 is 11.6 Å². The molecule has 0 radical (unpaired) electrons. The van der Waals surface area contributed by atoms with E-state index >= 15 is 0 Å². The van der Waals surface area contributed by atoms with E-state index in [-0.39, 0.29) is 5.97 Å². The summed E-state index contributed by atoms with van der Waals surface area (Å²) in [6.07, 6.45) is 14.3. The topological polar surface area (TPSA) is 61.3 Å². The Balaban J connectivity index is 1.47. The van der Waals surface area contributed by atoms with Crippen molar-refractivity contribution in [2.24, 2.45) is 11.8 Å². The average molecular weight is 445 g/mol. The van der Waals surface area contributed by atoms with Gasteiger partial charge in [0.2, 0.25) is 0 Å². The summed E-state index contributed by atoms with van der Waals surface area (Å²) < 4.78 is 11.2. The third kappa shape index (κ3) is 7.20. The summed E-state index contributed by atoms with van der Waals surface area (Å²) in [5, 5.41) is 0.355. The van der Waals surface area contributed by atoms with E-state index in [4.69, 9.17) is 21.1 Å². The lowest BCUT2D eigenvalue weighted by Gasteiger charge is -2.28. The molecule has 0 aliphatic heterocycles. The second-order valence-corrected chi connectivity index (χ2v) is 8.82. The van der Waals surface area contributed by atoms with Crippen LogP contribution in [-0.2, 0) is 4.79 Å². The van der Waals surface area contributed by atoms with Gasteiger partial charge in [0.05, 0.1) is 24.0 Å². The fraction of sp³-hybridized carbons (Fsp3) is 0.560. The highest BCUT2D eigenvalue weighted by molar-refractivity contribution is 6.32. The Labute approximate surface area is 190 Å². The molecule has 1 heterocycles. The molecule has 1 aromatic carbocycles. The minimum Gasteiger partial charge on any atom is -0.490 e. The smallest absolute Gasteiger partial charge is 0.310 e. The molecule has 1 aromatic heterocycles. The summed E-state index contributed by atoms with van der Waals surface area (Å²) in [7, 11) is 0. The first-order chi connectivity index (χ1) is 15.1. The van der Waals surface area contributed by atoms with Crippen molar-refractivity contribution in [3.8, 4) is 22.9 Å². The van der Waals surface area contributed by atoms with Gasteiger partial charge in [0.25, 0.3) is 0 Å². The van der Waals surface area contributed by atoms with Gasteiger partial charge in [-0.2, -0.15) is 0 Å². The van der Waals surface area contributed by atoms with Crippen molar-refractivity contribution < 1.29 is 14.3 Å². The fourth-order valence-corrected chi connectivity index (χ4v) is 4.26. The zero-order chi connectivity index (χ0) is 22.1. The number of carbonyl (C=O) groups excluding carboxylic acids is 1. The van der Waals surface area contributed by atoms with Crippen molar-refractivity contribution in [3.63, 3.8) is 0 Å². The number of esters is 1. The van der Waals surface area contributed by atoms with Crippen LogP contribution in [0.3, 0.4) is 0 Å². The van der Waals surface area contributed by atoms with Crippen LogP contribution < -0.4 is 9.47 Å². The molecule has 0 amide bonds. The zero-order valence-corrected chi connectivity index (χ0v) is 19.4. The molecule has 2 aromatic rings. The molecule has 0 saturated heterocycles. The van der Waals surface area contributed by atoms with Gasteiger partial charge in [0.1, 0.15) is 5.75 Å². The van der Waals surface area contributed by atoms with Gasteiger partial charge < -0.3 is 9.47 Å². The van der Waals surface area contributed by atoms with Crippen LogP contribution in [0.2, 0.25) is 5.02 Å². The lowest BCUT2D eigenvalue weighted by Crippen LogP contribution is -2.20. The number of rotatable bonds is 10. The molecule has 0 N–H and O–H groups in total. The van der Waals surface area contributed by atoms with Gasteiger partial charge in [-0.3, -0.25) is 4.79 Å². The zero-order valence-electron chi connectivity index (χ0n) is 18.6. The predicted molar refractivity (Wildman–Crippen MR) is 123 cm³/mol. The van der Waals surface area contributed by atoms with Crippen LogP contribution in [0.1, 0.15) is 71.6 Å². The molecule has 0 spiro atoms. The SMILES string of the molecule is CCCCCC1CCC(COc2cnc(-c3ccc(OC(=O)CC)c(Cl)c3)nc2)CC1. The third-order valence-corrected chi connectivity index (χ3v) is 6.29. The molecule has 1 aliphatic rings. The van der Waals surface area contributed by atoms with Crippen LogP contribution in [-0.4, -0.2) is 22.5 Å². The molecule has 0 unspecified atom stereocenters. The number of hydrogen-bond acceptors (Lipinski definition) is 5. The highest BCUT2D eigenvalue weighted by atomic mass is 35.5. The minimum absolute atomic E-state index is 0.295. The Morgan fingerprint density at radius 3 is 2.42 bits per heavy atom. The second kappa shape index (κ2) is 12.0. The largest absolute Gasteiger partial charge is 0.490 e. The number of halogens is 1. The number of benzene rings is 1. The first kappa shape index (κ1) is 23.5. The Morgan fingerprint density at radius 1 is 1.06 bits per heavy atom. The van der Waals surface area contributed by atoms with Crippen molar-refractivity contribution in [3.05, 3.63) is 35.6 Å². The molecule has 1 saturated carbocycles. The highest BCUT2D eigenvalue weighted by Crippen LogP contribution is 2.33. The van der Waals surface area contributed by atoms with Crippen molar-refractivity contribution in [1.82, 2.24) is 9.97 Å². The molecule has 31 heavy (non-hydrogen) atoms. The minimum atomic E-state index is -0.322. The quantitative estimate of drug-likeness (QED) is 0.227. The molecule has 168 valence electrons. The second-order valence-electron chi connectivity index (χ2n) is 8.41. The van der Waals surface area contributed by atoms with Gasteiger partial charge in [-0.25, -0.2) is 9.97 Å². The Kier molecular flexibility index (Phi) is 9.13. The maximum absolute atomic E-state index is 11.5. The summed E-state index contributed by atoms with van der Waals surface area (Å²) in [5.41, 5.74) is 0.759. The average Bonchev–Trinajstić information content (AvgIpc) is 2.80. The lowest BCUT2D eigenvalue weighted by molar-refractivity contribution is -0.134. The fourth-order valence-electron chi connectivity index (χ4n) is 4.04. The van der Waals surface area contributed by atoms with Gasteiger partial charge in [0, 0.05) is 12.0 Å². The molecule has 0 bridgehead atoms. The normalized spacial score (nSPS) is 18.5. The van der Waals surface area contributed by atoms with E-state index in [1.807, 2.05) is 0 Å². The van der Waals surface area contributed by atoms with E-state index < -0.39 is 0 Å². The van der Waals surface area contributed by atoms with Crippen LogP contribution in [0.25, 0.3) is 11.4 Å². The van der Waals surface area contributed by atoms with E-state index in [0.717, 1.165) is 18.1 Å². The van der Waals surface area contributed by atoms with Crippen molar-refractivity contribution >= 4 is 17.6 Å². The first-order valence-corrected chi connectivity index (χ1v) is 11.9. The van der Waals surface area contributed by atoms with E-state index in [0.29, 0.717) is 34.7 Å². The number of ether oxygens (including phenoxy) is 2. The molecule has 3 rings (SSSR count). The number of unbranched alkanes of at least 4 members (excludes halogenated alkanes) is 2. The maximum atomic E-state index is 11.5. The number of aromatic nitrogens is 2. The molecule has 5 nitrogen and oxygen atoms in total. The maximum Gasteiger partial charge on any atom is 0.310 e. The van der Waals surface area contributed by atoms with Crippen LogP contribution in [0.15, 0.2) is 30.6 Å². The summed E-state index contributed by atoms with van der Waals surface area (Å²) in [5.74, 6) is 2.80. The Bertz CT molecular complexity index is 833. The van der Waals surface area contributed by atoms with E-state index in [2.05, 4.69) is 16.9 Å². The lowest BCUT2D eigenvalue weighted by atomic mass is 9.80. The van der Waals surface area contributed by atoms with E-state index in [1.165, 1.54) is 51.4 Å². The van der Waals surface area contributed by atoms with Gasteiger partial charge >= 0.3 is 5.97 Å². The Hall–Kier alpha value is -2.14. The van der Waals surface area contributed by atoms with Crippen LogP contribution in [0.5, 0.6) is 11.5 Å². The first-order valence-electron chi connectivity index (χ1n) is 11.5. The molecule has 1 aliphatic carbocycles. The van der Waals surface area contributed by atoms with Crippen LogP contribution in [0.4, 0.5) is 0 Å². The van der Waals surface area contributed by atoms with Crippen molar-refractivity contribution in [2.75, 3.05) is 6.61 Å². The van der Waals surface area contributed by atoms with Gasteiger partial charge in [-0.15, -0.1) is 0 Å². The van der Waals surface area contributed by atoms with Crippen molar-refractivity contribution in [2.45, 2.75) is 71.6 Å². The molecule has 6 heteroatoms. The van der Waals surface area contributed by atoms with E-state index in [9.17, 15) is 4.79 Å². The third-order valence-electron chi connectivity index (χ3n) is 6.00. The number of hydrogen-bond donors (Lipinski definition) is 0. The summed E-state index contributed by atoms with van der Waals surface area (Å²) >= 11 is 6.24. The van der Waals surface area contributed by atoms with Gasteiger partial charge in [-0.05, 0) is 42.9 Å². The van der Waals surface area contributed by atoms with Crippen LogP contribution in [0, 0.1) is 11.8 Å². The van der Waals surface area contributed by atoms with Crippen molar-refractivity contribution in [1.29, 1.82) is 0 Å². The Morgan fingerprint density at radius 2 is 1.77 bits per heavy atom. The molecule has 0 atom stereocenters. The summed E-state index contributed by atoms with van der Waals surface area (Å²) in [4.78, 5) is 20.3. The van der Waals surface area contributed by atoms with Gasteiger partial charge in [-0.1, -0.05) is 64.0 Å². The monoisotopic (exact) mass is 444 g/mol. The standard InChI is InChI=1S/C25H33ClN2O3/c1-3-5-6-7-18-8-10-19(11-9-18)17-30-21-15-27-25(28-16-21)20-12-13-23(22(26)14-20)31-24(29)4-2/h12-16,18-19H,3-11,17H2,1-2H3. The molecule has 1 fully saturated rings. The molecular weight excluding hydrogens is 412 g/mol. The molecular formula is C25H33ClN2O3. The highest BCUT2D eigenvalue weighted by Gasteiger charge is 2.21. The van der Waals surface area contributed by atoms with E-state index in [1.54, 1.807) is 37.5 Å². The van der Waals surface area contributed by atoms with Gasteiger partial charge in [0.15, 0.2) is 11.6 Å². The predicted octanol–water partition coefficient (Wildman–Crippen LogP) is 6.88. The summed E-state index contributed by atoms with van der Waals surface area (Å²) in [6.45, 7) is 4.73.